The molecule has 1 atom stereocenters. The van der Waals surface area contributed by atoms with E-state index >= 15 is 0 Å². The summed E-state index contributed by atoms with van der Waals surface area (Å²) in [5, 5.41) is 2.75. The number of alkyl halides is 3. The van der Waals surface area contributed by atoms with Crippen LogP contribution in [0.1, 0.15) is 25.7 Å². The van der Waals surface area contributed by atoms with Gasteiger partial charge in [0.1, 0.15) is 0 Å². The SMILES string of the molecule is O=C(Nc1ccc(N2CCCC2)cc1)C1CCCN(C(=O)C(F)(F)F)C1. The van der Waals surface area contributed by atoms with Crippen LogP contribution in [-0.4, -0.2) is 49.1 Å². The van der Waals surface area contributed by atoms with E-state index in [2.05, 4.69) is 10.2 Å². The minimum Gasteiger partial charge on any atom is -0.372 e. The molecule has 0 bridgehead atoms. The van der Waals surface area contributed by atoms with Crippen LogP contribution in [-0.2, 0) is 9.59 Å². The first-order valence-electron chi connectivity index (χ1n) is 8.86. The van der Waals surface area contributed by atoms with Crippen molar-refractivity contribution in [3.8, 4) is 0 Å². The lowest BCUT2D eigenvalue weighted by atomic mass is 9.97. The lowest BCUT2D eigenvalue weighted by Crippen LogP contribution is -2.48. The summed E-state index contributed by atoms with van der Waals surface area (Å²) in [4.78, 5) is 26.8. The number of halogens is 3. The highest BCUT2D eigenvalue weighted by atomic mass is 19.4. The van der Waals surface area contributed by atoms with Crippen molar-refractivity contribution in [2.75, 3.05) is 36.4 Å². The molecule has 1 aromatic rings. The zero-order valence-electron chi connectivity index (χ0n) is 14.4. The highest BCUT2D eigenvalue weighted by molar-refractivity contribution is 5.93. The van der Waals surface area contributed by atoms with Gasteiger partial charge in [-0.3, -0.25) is 9.59 Å². The van der Waals surface area contributed by atoms with Gasteiger partial charge in [-0.2, -0.15) is 13.2 Å². The van der Waals surface area contributed by atoms with Crippen LogP contribution >= 0.6 is 0 Å². The number of nitrogens with one attached hydrogen (secondary N) is 1. The summed E-state index contributed by atoms with van der Waals surface area (Å²) in [6.45, 7) is 1.89. The number of likely N-dealkylation sites (tertiary alicyclic amines) is 1. The Bertz CT molecular complexity index is 655. The molecule has 142 valence electrons. The summed E-state index contributed by atoms with van der Waals surface area (Å²) < 4.78 is 37.7. The molecule has 2 aliphatic heterocycles. The van der Waals surface area contributed by atoms with Crippen molar-refractivity contribution in [2.45, 2.75) is 31.9 Å². The third-order valence-electron chi connectivity index (χ3n) is 4.93. The normalized spacial score (nSPS) is 21.0. The van der Waals surface area contributed by atoms with Crippen LogP contribution in [0.2, 0.25) is 0 Å². The number of nitrogens with zero attached hydrogens (tertiary/aromatic N) is 2. The third-order valence-corrected chi connectivity index (χ3v) is 4.93. The van der Waals surface area contributed by atoms with E-state index in [1.165, 1.54) is 12.8 Å². The molecule has 5 nitrogen and oxygen atoms in total. The number of benzene rings is 1. The lowest BCUT2D eigenvalue weighted by Gasteiger charge is -2.32. The van der Waals surface area contributed by atoms with Gasteiger partial charge in [0, 0.05) is 37.6 Å². The van der Waals surface area contributed by atoms with E-state index in [1.54, 1.807) is 12.1 Å². The molecule has 2 fully saturated rings. The van der Waals surface area contributed by atoms with Gasteiger partial charge in [-0.05, 0) is 49.9 Å². The van der Waals surface area contributed by atoms with Crippen LogP contribution in [0.25, 0.3) is 0 Å². The molecule has 1 N–H and O–H groups in total. The molecule has 2 heterocycles. The molecule has 26 heavy (non-hydrogen) atoms. The van der Waals surface area contributed by atoms with E-state index in [1.807, 2.05) is 12.1 Å². The Balaban J connectivity index is 1.58. The van der Waals surface area contributed by atoms with E-state index in [4.69, 9.17) is 0 Å². The van der Waals surface area contributed by atoms with Gasteiger partial charge < -0.3 is 15.1 Å². The van der Waals surface area contributed by atoms with Gasteiger partial charge >= 0.3 is 12.1 Å². The van der Waals surface area contributed by atoms with Crippen LogP contribution in [0.5, 0.6) is 0 Å². The topological polar surface area (TPSA) is 52.7 Å². The molecule has 2 amide bonds. The van der Waals surface area contributed by atoms with E-state index in [0.29, 0.717) is 18.5 Å². The molecular weight excluding hydrogens is 347 g/mol. The largest absolute Gasteiger partial charge is 0.471 e. The molecule has 0 saturated carbocycles. The van der Waals surface area contributed by atoms with E-state index in [-0.39, 0.29) is 19.0 Å². The summed E-state index contributed by atoms with van der Waals surface area (Å²) in [5.74, 6) is -2.85. The van der Waals surface area contributed by atoms with Gasteiger partial charge in [-0.25, -0.2) is 0 Å². The first-order chi connectivity index (χ1) is 12.3. The Morgan fingerprint density at radius 1 is 1.00 bits per heavy atom. The summed E-state index contributed by atoms with van der Waals surface area (Å²) in [7, 11) is 0. The van der Waals surface area contributed by atoms with Crippen molar-refractivity contribution in [2.24, 2.45) is 5.92 Å². The van der Waals surface area contributed by atoms with Gasteiger partial charge in [0.2, 0.25) is 5.91 Å². The Hall–Kier alpha value is -2.25. The summed E-state index contributed by atoms with van der Waals surface area (Å²) in [6.07, 6.45) is -1.70. The van der Waals surface area contributed by atoms with Gasteiger partial charge in [0.05, 0.1) is 5.92 Å². The highest BCUT2D eigenvalue weighted by Crippen LogP contribution is 2.26. The summed E-state index contributed by atoms with van der Waals surface area (Å²) >= 11 is 0. The van der Waals surface area contributed by atoms with Crippen molar-refractivity contribution in [1.82, 2.24) is 4.90 Å². The van der Waals surface area contributed by atoms with E-state index < -0.39 is 18.0 Å². The average Bonchev–Trinajstić information content (AvgIpc) is 3.15. The quantitative estimate of drug-likeness (QED) is 0.891. The minimum absolute atomic E-state index is 0.0344. The first kappa shape index (κ1) is 18.5. The second-order valence-electron chi connectivity index (χ2n) is 6.82. The van der Waals surface area contributed by atoms with Crippen molar-refractivity contribution < 1.29 is 22.8 Å². The molecule has 0 aromatic heterocycles. The van der Waals surface area contributed by atoms with Crippen LogP contribution in [0.3, 0.4) is 0 Å². The maximum Gasteiger partial charge on any atom is 0.471 e. The molecule has 2 aliphatic rings. The maximum atomic E-state index is 12.6. The molecule has 0 radical (unpaired) electrons. The number of carbonyl (C=O) groups excluding carboxylic acids is 2. The fraction of sp³-hybridized carbons (Fsp3) is 0.556. The average molecular weight is 369 g/mol. The van der Waals surface area contributed by atoms with Crippen molar-refractivity contribution >= 4 is 23.2 Å². The second kappa shape index (κ2) is 7.55. The van der Waals surface area contributed by atoms with Crippen molar-refractivity contribution in [1.29, 1.82) is 0 Å². The molecule has 1 unspecified atom stereocenters. The van der Waals surface area contributed by atoms with Crippen LogP contribution in [0.4, 0.5) is 24.5 Å². The van der Waals surface area contributed by atoms with Crippen LogP contribution in [0, 0.1) is 5.92 Å². The predicted octanol–water partition coefficient (Wildman–Crippen LogP) is 3.03. The number of hydrogen-bond donors (Lipinski definition) is 1. The van der Waals surface area contributed by atoms with E-state index in [9.17, 15) is 22.8 Å². The monoisotopic (exact) mass is 369 g/mol. The second-order valence-corrected chi connectivity index (χ2v) is 6.82. The number of piperidine rings is 1. The predicted molar refractivity (Wildman–Crippen MR) is 91.9 cm³/mol. The summed E-state index contributed by atoms with van der Waals surface area (Å²) in [6, 6.07) is 7.46. The molecular formula is C18H22F3N3O2. The smallest absolute Gasteiger partial charge is 0.372 e. The molecule has 0 aliphatic carbocycles. The van der Waals surface area contributed by atoms with Gasteiger partial charge in [-0.15, -0.1) is 0 Å². The molecule has 3 rings (SSSR count). The fourth-order valence-corrected chi connectivity index (χ4v) is 3.53. The number of rotatable bonds is 3. The van der Waals surface area contributed by atoms with Crippen LogP contribution in [0.15, 0.2) is 24.3 Å². The molecule has 0 spiro atoms. The Morgan fingerprint density at radius 3 is 2.27 bits per heavy atom. The van der Waals surface area contributed by atoms with E-state index in [0.717, 1.165) is 23.7 Å². The third kappa shape index (κ3) is 4.28. The van der Waals surface area contributed by atoms with Gasteiger partial charge in [-0.1, -0.05) is 0 Å². The first-order valence-corrected chi connectivity index (χ1v) is 8.86. The minimum atomic E-state index is -4.90. The Kier molecular flexibility index (Phi) is 5.38. The highest BCUT2D eigenvalue weighted by Gasteiger charge is 2.44. The zero-order chi connectivity index (χ0) is 18.7. The van der Waals surface area contributed by atoms with Crippen molar-refractivity contribution in [3.05, 3.63) is 24.3 Å². The standard InChI is InChI=1S/C18H22F3N3O2/c19-18(20,21)17(26)24-11-3-4-13(12-24)16(25)22-14-5-7-15(8-6-14)23-9-1-2-10-23/h5-8,13H,1-4,9-12H2,(H,22,25). The van der Waals surface area contributed by atoms with Gasteiger partial charge in [0.25, 0.3) is 0 Å². The van der Waals surface area contributed by atoms with Crippen LogP contribution < -0.4 is 10.2 Å². The fourth-order valence-electron chi connectivity index (χ4n) is 3.53. The number of anilines is 2. The summed E-state index contributed by atoms with van der Waals surface area (Å²) in [5.41, 5.74) is 1.71. The Labute approximate surface area is 150 Å². The lowest BCUT2D eigenvalue weighted by molar-refractivity contribution is -0.187. The van der Waals surface area contributed by atoms with Crippen molar-refractivity contribution in [3.63, 3.8) is 0 Å². The molecule has 2 saturated heterocycles. The van der Waals surface area contributed by atoms with Gasteiger partial charge in [0.15, 0.2) is 0 Å². The maximum absolute atomic E-state index is 12.6. The Morgan fingerprint density at radius 2 is 1.65 bits per heavy atom. The number of amides is 2. The molecule has 1 aromatic carbocycles. The molecule has 8 heteroatoms. The zero-order valence-corrected chi connectivity index (χ0v) is 14.4. The number of hydrogen-bond acceptors (Lipinski definition) is 3. The number of carbonyl (C=O) groups is 2.